The van der Waals surface area contributed by atoms with Gasteiger partial charge in [0.2, 0.25) is 0 Å². The summed E-state index contributed by atoms with van der Waals surface area (Å²) < 4.78 is 1.25. The number of halogens is 2. The largest absolute Gasteiger partial charge is 1.00 e. The van der Waals surface area contributed by atoms with Gasteiger partial charge in [-0.2, -0.15) is 0 Å². The van der Waals surface area contributed by atoms with Crippen LogP contribution >= 0.6 is 0 Å². The predicted molar refractivity (Wildman–Crippen MR) is 269 cm³/mol. The molecule has 0 rings (SSSR count). The highest BCUT2D eigenvalue weighted by molar-refractivity contribution is 4.53. The minimum Gasteiger partial charge on any atom is -1.00 e. The average molecular weight is 892 g/mol. The molecule has 0 radical (unpaired) electrons. The van der Waals surface area contributed by atoms with Crippen molar-refractivity contribution in [2.45, 2.75) is 316 Å². The van der Waals surface area contributed by atoms with Gasteiger partial charge >= 0.3 is 0 Å². The lowest BCUT2D eigenvalue weighted by Crippen LogP contribution is -3.05. The van der Waals surface area contributed by atoms with E-state index in [4.69, 9.17) is 0 Å². The van der Waals surface area contributed by atoms with Crippen LogP contribution in [0, 0.1) is 0 Å². The topological polar surface area (TPSA) is 4.44 Å². The molecule has 0 atom stereocenters. The lowest BCUT2D eigenvalue weighted by molar-refractivity contribution is -0.890. The highest BCUT2D eigenvalue weighted by Crippen LogP contribution is 2.17. The fraction of sp³-hybridized carbons (Fsp3) is 1.00. The van der Waals surface area contributed by atoms with Gasteiger partial charge in [-0.05, 0) is 38.5 Å². The number of nitrogens with one attached hydrogen (secondary N) is 1. The van der Waals surface area contributed by atoms with Gasteiger partial charge in [-0.25, -0.2) is 0 Å². The Morgan fingerprint density at radius 2 is 0.383 bits per heavy atom. The first-order valence-corrected chi connectivity index (χ1v) is 28.0. The molecule has 0 aromatic rings. The van der Waals surface area contributed by atoms with Gasteiger partial charge in [0.15, 0.2) is 0 Å². The molecular formula is C56H120Cl2N2. The van der Waals surface area contributed by atoms with Crippen molar-refractivity contribution in [2.24, 2.45) is 0 Å². The van der Waals surface area contributed by atoms with Crippen molar-refractivity contribution in [2.75, 3.05) is 47.8 Å². The molecule has 0 bridgehead atoms. The number of quaternary nitrogens is 2. The van der Waals surface area contributed by atoms with Gasteiger partial charge < -0.3 is 34.2 Å². The fourth-order valence-electron chi connectivity index (χ4n) is 8.96. The summed E-state index contributed by atoms with van der Waals surface area (Å²) in [4.78, 5) is 1.60. The van der Waals surface area contributed by atoms with Gasteiger partial charge in [-0.15, -0.1) is 0 Å². The Balaban J connectivity index is -0.000000630. The van der Waals surface area contributed by atoms with Crippen LogP contribution in [0.4, 0.5) is 0 Å². The third kappa shape index (κ3) is 65.1. The molecule has 4 heteroatoms. The maximum atomic E-state index is 2.47. The normalized spacial score (nSPS) is 11.4. The number of rotatable bonds is 49. The van der Waals surface area contributed by atoms with Crippen LogP contribution in [0.25, 0.3) is 0 Å². The SMILES string of the molecule is CCCCCCCCCCCCCCCCCC[N+](C)(C)CCCCCCCCCCCCCCCCCC.CCCCCCCCCCCCCCCC[NH+](C)C.[Cl-].[Cl-]. The van der Waals surface area contributed by atoms with Crippen molar-refractivity contribution >= 4 is 0 Å². The number of unbranched alkanes of at least 4 members (excludes halogenated alkanes) is 43. The molecule has 368 valence electrons. The average Bonchev–Trinajstić information content (AvgIpc) is 3.20. The predicted octanol–water partition coefficient (Wildman–Crippen LogP) is 12.2. The monoisotopic (exact) mass is 891 g/mol. The van der Waals surface area contributed by atoms with Crippen LogP contribution in [0.2, 0.25) is 0 Å². The van der Waals surface area contributed by atoms with E-state index >= 15 is 0 Å². The molecule has 0 aromatic carbocycles. The summed E-state index contributed by atoms with van der Waals surface area (Å²) in [7, 11) is 9.44. The Morgan fingerprint density at radius 1 is 0.233 bits per heavy atom. The van der Waals surface area contributed by atoms with Crippen LogP contribution in [-0.2, 0) is 0 Å². The zero-order chi connectivity index (χ0) is 42.7. The lowest BCUT2D eigenvalue weighted by atomic mass is 10.0. The van der Waals surface area contributed by atoms with E-state index in [0.29, 0.717) is 0 Å². The first-order chi connectivity index (χ1) is 28.4. The molecular weight excluding hydrogens is 772 g/mol. The molecule has 0 spiro atoms. The first kappa shape index (κ1) is 67.1. The van der Waals surface area contributed by atoms with Crippen molar-refractivity contribution in [3.05, 3.63) is 0 Å². The molecule has 0 aliphatic rings. The Bertz CT molecular complexity index is 661. The van der Waals surface area contributed by atoms with Crippen molar-refractivity contribution < 1.29 is 34.2 Å². The number of hydrogen-bond acceptors (Lipinski definition) is 0. The fourth-order valence-corrected chi connectivity index (χ4v) is 8.96. The van der Waals surface area contributed by atoms with Gasteiger partial charge in [-0.3, -0.25) is 0 Å². The molecule has 0 saturated heterocycles. The van der Waals surface area contributed by atoms with Crippen LogP contribution in [0.1, 0.15) is 316 Å². The smallest absolute Gasteiger partial charge is 0.0782 e. The molecule has 0 saturated carbocycles. The number of hydrogen-bond donors (Lipinski definition) is 1. The quantitative estimate of drug-likeness (QED) is 0.0459. The lowest BCUT2D eigenvalue weighted by Gasteiger charge is -2.30. The molecule has 0 heterocycles. The van der Waals surface area contributed by atoms with Crippen LogP contribution in [-0.4, -0.2) is 52.3 Å². The summed E-state index contributed by atoms with van der Waals surface area (Å²) in [6, 6.07) is 0. The Morgan fingerprint density at radius 3 is 0.550 bits per heavy atom. The van der Waals surface area contributed by atoms with Crippen molar-refractivity contribution in [3.63, 3.8) is 0 Å². The van der Waals surface area contributed by atoms with Gasteiger partial charge in [0.1, 0.15) is 0 Å². The molecule has 1 N–H and O–H groups in total. The Hall–Kier alpha value is 0.500. The third-order valence-electron chi connectivity index (χ3n) is 13.3. The molecule has 0 aromatic heterocycles. The van der Waals surface area contributed by atoms with E-state index in [9.17, 15) is 0 Å². The summed E-state index contributed by atoms with van der Waals surface area (Å²) in [6.07, 6.45) is 67.4. The molecule has 0 fully saturated rings. The molecule has 0 aliphatic carbocycles. The molecule has 2 nitrogen and oxygen atoms in total. The Kier molecular flexibility index (Phi) is 66.5. The molecule has 0 unspecified atom stereocenters. The standard InChI is InChI=1S/C38H80N.C18H39N.2ClH/c1-5-7-9-11-13-15-17-19-21-23-25-27-29-31-33-35-37-39(3,4)38-36-34-32-30-28-26-24-22-20-18-16-14-12-10-8-6-2;1-4-5-6-7-8-9-10-11-12-13-14-15-16-17-18-19(2)3;;/h5-38H2,1-4H3;4-18H2,1-3H3;2*1H/q+1;;;/p-1. The maximum Gasteiger partial charge on any atom is 0.0782 e. The van der Waals surface area contributed by atoms with E-state index in [1.165, 1.54) is 319 Å². The van der Waals surface area contributed by atoms with Crippen molar-refractivity contribution in [3.8, 4) is 0 Å². The molecule has 0 aliphatic heterocycles. The van der Waals surface area contributed by atoms with Crippen LogP contribution in [0.3, 0.4) is 0 Å². The van der Waals surface area contributed by atoms with E-state index in [-0.39, 0.29) is 24.8 Å². The van der Waals surface area contributed by atoms with E-state index < -0.39 is 0 Å². The van der Waals surface area contributed by atoms with Gasteiger partial charge in [0.05, 0.1) is 47.8 Å². The first-order valence-electron chi connectivity index (χ1n) is 28.0. The zero-order valence-electron chi connectivity index (χ0n) is 43.4. The van der Waals surface area contributed by atoms with Crippen LogP contribution in [0.15, 0.2) is 0 Å². The maximum absolute atomic E-state index is 2.47. The van der Waals surface area contributed by atoms with Gasteiger partial charge in [0.25, 0.3) is 0 Å². The third-order valence-corrected chi connectivity index (χ3v) is 13.3. The van der Waals surface area contributed by atoms with Gasteiger partial charge in [-0.1, -0.05) is 278 Å². The Labute approximate surface area is 396 Å². The van der Waals surface area contributed by atoms with Crippen molar-refractivity contribution in [1.29, 1.82) is 0 Å². The molecule has 0 amide bonds. The summed E-state index contributed by atoms with van der Waals surface area (Å²) in [5.74, 6) is 0. The van der Waals surface area contributed by atoms with Crippen molar-refractivity contribution in [1.82, 2.24) is 0 Å². The number of nitrogens with zero attached hydrogens (tertiary/aromatic N) is 1. The van der Waals surface area contributed by atoms with Crippen LogP contribution < -0.4 is 29.7 Å². The summed E-state index contributed by atoms with van der Waals surface area (Å²) >= 11 is 0. The van der Waals surface area contributed by atoms with Gasteiger partial charge in [0, 0.05) is 0 Å². The van der Waals surface area contributed by atoms with E-state index in [2.05, 4.69) is 49.0 Å². The summed E-state index contributed by atoms with van der Waals surface area (Å²) in [6.45, 7) is 11.0. The highest BCUT2D eigenvalue weighted by Gasteiger charge is 2.13. The minimum absolute atomic E-state index is 0. The van der Waals surface area contributed by atoms with E-state index in [0.717, 1.165) is 0 Å². The second kappa shape index (κ2) is 59.5. The van der Waals surface area contributed by atoms with E-state index in [1.807, 2.05) is 0 Å². The van der Waals surface area contributed by atoms with E-state index in [1.54, 1.807) is 4.90 Å². The van der Waals surface area contributed by atoms with Crippen LogP contribution in [0.5, 0.6) is 0 Å². The molecule has 60 heavy (non-hydrogen) atoms. The summed E-state index contributed by atoms with van der Waals surface area (Å²) in [5, 5.41) is 0. The second-order valence-corrected chi connectivity index (χ2v) is 20.5. The highest BCUT2D eigenvalue weighted by atomic mass is 35.5. The minimum atomic E-state index is 0. The second-order valence-electron chi connectivity index (χ2n) is 20.5. The zero-order valence-corrected chi connectivity index (χ0v) is 44.9. The summed E-state index contributed by atoms with van der Waals surface area (Å²) in [5.41, 5.74) is 0.